The van der Waals surface area contributed by atoms with Crippen LogP contribution in [0.4, 0.5) is 5.82 Å². The molecule has 1 N–H and O–H groups in total. The van der Waals surface area contributed by atoms with Gasteiger partial charge in [0.25, 0.3) is 0 Å². The lowest BCUT2D eigenvalue weighted by molar-refractivity contribution is -0.118. The van der Waals surface area contributed by atoms with Crippen LogP contribution in [-0.2, 0) is 25.4 Å². The van der Waals surface area contributed by atoms with Crippen LogP contribution in [0.15, 0.2) is 18.5 Å². The highest BCUT2D eigenvalue weighted by atomic mass is 16.2. The Labute approximate surface area is 148 Å². The lowest BCUT2D eigenvalue weighted by Crippen LogP contribution is -2.53. The molecule has 0 spiro atoms. The van der Waals surface area contributed by atoms with Gasteiger partial charge in [-0.2, -0.15) is 5.10 Å². The van der Waals surface area contributed by atoms with Crippen molar-refractivity contribution in [2.24, 2.45) is 14.1 Å². The maximum atomic E-state index is 12.3. The number of nitrogens with zero attached hydrogens (tertiary/aromatic N) is 6. The molecular formula is C17H27N7O. The van der Waals surface area contributed by atoms with Crippen molar-refractivity contribution >= 4 is 11.7 Å². The first-order chi connectivity index (χ1) is 11.9. The summed E-state index contributed by atoms with van der Waals surface area (Å²) in [6, 6.07) is 2.27. The minimum absolute atomic E-state index is 0.00718. The van der Waals surface area contributed by atoms with Gasteiger partial charge in [-0.1, -0.05) is 0 Å². The maximum Gasteiger partial charge on any atom is 0.239 e. The van der Waals surface area contributed by atoms with Crippen molar-refractivity contribution < 1.29 is 4.79 Å². The van der Waals surface area contributed by atoms with Crippen molar-refractivity contribution in [2.75, 3.05) is 31.5 Å². The molecule has 1 aliphatic heterocycles. The second kappa shape index (κ2) is 7.37. The zero-order valence-electron chi connectivity index (χ0n) is 15.4. The fourth-order valence-corrected chi connectivity index (χ4v) is 3.29. The number of hydrogen-bond acceptors (Lipinski definition) is 5. The van der Waals surface area contributed by atoms with Crippen LogP contribution in [0.2, 0.25) is 0 Å². The van der Waals surface area contributed by atoms with Crippen LogP contribution in [0.25, 0.3) is 0 Å². The average molecular weight is 345 g/mol. The molecular weight excluding hydrogens is 318 g/mol. The number of imidazole rings is 1. The van der Waals surface area contributed by atoms with Crippen molar-refractivity contribution in [3.8, 4) is 0 Å². The molecule has 8 nitrogen and oxygen atoms in total. The molecule has 0 aliphatic carbocycles. The first-order valence-electron chi connectivity index (χ1n) is 8.65. The Morgan fingerprint density at radius 1 is 1.36 bits per heavy atom. The summed E-state index contributed by atoms with van der Waals surface area (Å²) < 4.78 is 3.75. The molecule has 3 rings (SSSR count). The number of amides is 1. The van der Waals surface area contributed by atoms with E-state index in [2.05, 4.69) is 36.7 Å². The molecule has 25 heavy (non-hydrogen) atoms. The molecule has 3 heterocycles. The lowest BCUT2D eigenvalue weighted by atomic mass is 10.2. The highest BCUT2D eigenvalue weighted by molar-refractivity contribution is 5.91. The van der Waals surface area contributed by atoms with Crippen LogP contribution in [0.5, 0.6) is 0 Å². The van der Waals surface area contributed by atoms with Crippen molar-refractivity contribution in [1.29, 1.82) is 0 Å². The van der Waals surface area contributed by atoms with E-state index >= 15 is 0 Å². The van der Waals surface area contributed by atoms with Crippen molar-refractivity contribution in [3.05, 3.63) is 30.0 Å². The van der Waals surface area contributed by atoms with Gasteiger partial charge in [-0.05, 0) is 13.8 Å². The van der Waals surface area contributed by atoms with E-state index in [1.165, 1.54) is 0 Å². The summed E-state index contributed by atoms with van der Waals surface area (Å²) in [4.78, 5) is 21.3. The molecule has 1 saturated heterocycles. The van der Waals surface area contributed by atoms with Crippen LogP contribution >= 0.6 is 0 Å². The standard InChI is InChI=1S/C17H27N7O/c1-13-9-15(22(4)20-13)19-17(25)12-23-7-8-24(14(2)10-23)11-16-18-5-6-21(16)3/h5-6,9,14H,7-8,10-12H2,1-4H3,(H,19,25)/t14-/m0/s1. The van der Waals surface area contributed by atoms with Gasteiger partial charge < -0.3 is 9.88 Å². The van der Waals surface area contributed by atoms with Gasteiger partial charge in [-0.25, -0.2) is 4.98 Å². The summed E-state index contributed by atoms with van der Waals surface area (Å²) in [6.45, 7) is 8.07. The third-order valence-corrected chi connectivity index (χ3v) is 4.75. The smallest absolute Gasteiger partial charge is 0.239 e. The monoisotopic (exact) mass is 345 g/mol. The topological polar surface area (TPSA) is 71.2 Å². The molecule has 136 valence electrons. The van der Waals surface area contributed by atoms with Crippen molar-refractivity contribution in [3.63, 3.8) is 0 Å². The summed E-state index contributed by atoms with van der Waals surface area (Å²) in [5.41, 5.74) is 0.898. The van der Waals surface area contributed by atoms with Crippen LogP contribution in [-0.4, -0.2) is 67.3 Å². The number of piperazine rings is 1. The summed E-state index contributed by atoms with van der Waals surface area (Å²) in [5, 5.41) is 7.19. The largest absolute Gasteiger partial charge is 0.337 e. The van der Waals surface area contributed by atoms with Crippen LogP contribution in [0, 0.1) is 6.92 Å². The molecule has 2 aromatic heterocycles. The van der Waals surface area contributed by atoms with Gasteiger partial charge in [0.15, 0.2) is 0 Å². The molecule has 2 aromatic rings. The van der Waals surface area contributed by atoms with Crippen LogP contribution < -0.4 is 5.32 Å². The summed E-state index contributed by atoms with van der Waals surface area (Å²) in [6.07, 6.45) is 3.81. The zero-order chi connectivity index (χ0) is 18.0. The first-order valence-corrected chi connectivity index (χ1v) is 8.65. The number of carbonyl (C=O) groups is 1. The van der Waals surface area contributed by atoms with E-state index in [-0.39, 0.29) is 5.91 Å². The number of rotatable bonds is 5. The predicted octanol–water partition coefficient (Wildman–Crippen LogP) is 0.607. The van der Waals surface area contributed by atoms with E-state index in [0.717, 1.165) is 43.5 Å². The highest BCUT2D eigenvalue weighted by Crippen LogP contribution is 2.13. The third-order valence-electron chi connectivity index (χ3n) is 4.75. The average Bonchev–Trinajstić information content (AvgIpc) is 3.07. The number of aryl methyl sites for hydroxylation is 3. The van der Waals surface area contributed by atoms with E-state index in [4.69, 9.17) is 0 Å². The molecule has 1 amide bonds. The summed E-state index contributed by atoms with van der Waals surface area (Å²) in [7, 11) is 3.86. The van der Waals surface area contributed by atoms with Gasteiger partial charge >= 0.3 is 0 Å². The Morgan fingerprint density at radius 2 is 2.16 bits per heavy atom. The van der Waals surface area contributed by atoms with E-state index < -0.39 is 0 Å². The molecule has 0 saturated carbocycles. The number of aromatic nitrogens is 4. The maximum absolute atomic E-state index is 12.3. The molecule has 0 unspecified atom stereocenters. The Kier molecular flexibility index (Phi) is 5.19. The molecule has 1 aliphatic rings. The van der Waals surface area contributed by atoms with Crippen LogP contribution in [0.3, 0.4) is 0 Å². The molecule has 8 heteroatoms. The molecule has 0 aromatic carbocycles. The SMILES string of the molecule is Cc1cc(NC(=O)CN2CCN(Cc3nccn3C)[C@@H](C)C2)n(C)n1. The zero-order valence-corrected chi connectivity index (χ0v) is 15.4. The fraction of sp³-hybridized carbons (Fsp3) is 0.588. The van der Waals surface area contributed by atoms with Gasteiger partial charge in [0, 0.05) is 58.2 Å². The Hall–Kier alpha value is -2.19. The minimum Gasteiger partial charge on any atom is -0.337 e. The van der Waals surface area contributed by atoms with Crippen molar-refractivity contribution in [1.82, 2.24) is 29.1 Å². The minimum atomic E-state index is 0.00718. The number of anilines is 1. The van der Waals surface area contributed by atoms with Gasteiger partial charge in [-0.3, -0.25) is 19.3 Å². The van der Waals surface area contributed by atoms with Crippen molar-refractivity contribution in [2.45, 2.75) is 26.4 Å². The first kappa shape index (κ1) is 17.6. The summed E-state index contributed by atoms with van der Waals surface area (Å²) in [5.74, 6) is 1.82. The lowest BCUT2D eigenvalue weighted by Gasteiger charge is -2.39. The fourth-order valence-electron chi connectivity index (χ4n) is 3.29. The second-order valence-electron chi connectivity index (χ2n) is 6.85. The summed E-state index contributed by atoms with van der Waals surface area (Å²) >= 11 is 0. The van der Waals surface area contributed by atoms with Gasteiger partial charge in [-0.15, -0.1) is 0 Å². The van der Waals surface area contributed by atoms with Gasteiger partial charge in [0.2, 0.25) is 5.91 Å². The highest BCUT2D eigenvalue weighted by Gasteiger charge is 2.25. The van der Waals surface area contributed by atoms with Gasteiger partial charge in [0.05, 0.1) is 18.8 Å². The Morgan fingerprint density at radius 3 is 2.76 bits per heavy atom. The molecule has 1 fully saturated rings. The number of hydrogen-bond donors (Lipinski definition) is 1. The number of nitrogens with one attached hydrogen (secondary N) is 1. The third kappa shape index (κ3) is 4.26. The molecule has 0 radical (unpaired) electrons. The number of carbonyl (C=O) groups excluding carboxylic acids is 1. The van der Waals surface area contributed by atoms with E-state index in [0.29, 0.717) is 12.6 Å². The quantitative estimate of drug-likeness (QED) is 0.860. The second-order valence-corrected chi connectivity index (χ2v) is 6.85. The van der Waals surface area contributed by atoms with Gasteiger partial charge in [0.1, 0.15) is 11.6 Å². The normalized spacial score (nSPS) is 19.3. The predicted molar refractivity (Wildman–Crippen MR) is 96.1 cm³/mol. The van der Waals surface area contributed by atoms with E-state index in [1.54, 1.807) is 4.68 Å². The molecule has 0 bridgehead atoms. The Bertz CT molecular complexity index is 735. The van der Waals surface area contributed by atoms with Crippen LogP contribution in [0.1, 0.15) is 18.4 Å². The Balaban J connectivity index is 1.50. The molecule has 1 atom stereocenters. The van der Waals surface area contributed by atoms with E-state index in [9.17, 15) is 4.79 Å². The van der Waals surface area contributed by atoms with E-state index in [1.807, 2.05) is 39.5 Å².